The van der Waals surface area contributed by atoms with Gasteiger partial charge >= 0.3 is 0 Å². The van der Waals surface area contributed by atoms with E-state index in [0.717, 1.165) is 0 Å². The van der Waals surface area contributed by atoms with Gasteiger partial charge in [0.2, 0.25) is 0 Å². The van der Waals surface area contributed by atoms with Gasteiger partial charge in [-0.05, 0) is 36.8 Å². The average Bonchev–Trinajstić information content (AvgIpc) is 2.67. The summed E-state index contributed by atoms with van der Waals surface area (Å²) < 4.78 is 0. The van der Waals surface area contributed by atoms with Gasteiger partial charge in [-0.25, -0.2) is 0 Å². The minimum absolute atomic E-state index is 0. The van der Waals surface area contributed by atoms with Crippen LogP contribution in [0.3, 0.4) is 0 Å². The van der Waals surface area contributed by atoms with Crippen LogP contribution in [0.2, 0.25) is 0 Å². The van der Waals surface area contributed by atoms with Crippen LogP contribution in [0.4, 0.5) is 0 Å². The maximum absolute atomic E-state index is 2.30. The van der Waals surface area contributed by atoms with Crippen molar-refractivity contribution in [3.8, 4) is 0 Å². The van der Waals surface area contributed by atoms with Crippen LogP contribution in [0.15, 0.2) is 47.1 Å². The molecule has 2 aliphatic rings. The molecule has 0 fully saturated rings. The zero-order valence-corrected chi connectivity index (χ0v) is 10.9. The summed E-state index contributed by atoms with van der Waals surface area (Å²) in [5.74, 6) is 0. The minimum atomic E-state index is 0. The van der Waals surface area contributed by atoms with Crippen LogP contribution in [0.5, 0.6) is 0 Å². The predicted molar refractivity (Wildman–Crippen MR) is 57.5 cm³/mol. The molecule has 0 heterocycles. The third-order valence-electron chi connectivity index (χ3n) is 2.82. The van der Waals surface area contributed by atoms with Crippen LogP contribution >= 0.6 is 0 Å². The van der Waals surface area contributed by atoms with Crippen molar-refractivity contribution < 1.29 is 20.1 Å². The van der Waals surface area contributed by atoms with E-state index in [-0.39, 0.29) is 20.1 Å². The van der Waals surface area contributed by atoms with Gasteiger partial charge in [-0.2, -0.15) is 0 Å². The number of allylic oxidation sites excluding steroid dienone is 8. The molecular weight excluding hydrogens is 348 g/mol. The third-order valence-corrected chi connectivity index (χ3v) is 2.82. The molecule has 0 unspecified atom stereocenters. The fourth-order valence-electron chi connectivity index (χ4n) is 2.04. The molecule has 0 saturated carbocycles. The van der Waals surface area contributed by atoms with Gasteiger partial charge in [-0.1, -0.05) is 42.9 Å². The van der Waals surface area contributed by atoms with Gasteiger partial charge in [0, 0.05) is 20.1 Å². The summed E-state index contributed by atoms with van der Waals surface area (Å²) in [5.41, 5.74) is 4.67. The fraction of sp³-hybridized carbons (Fsp3) is 0.385. The van der Waals surface area contributed by atoms with Crippen LogP contribution in [-0.4, -0.2) is 0 Å². The zero-order valence-electron chi connectivity index (χ0n) is 8.55. The van der Waals surface area contributed by atoms with E-state index in [1.807, 2.05) is 0 Å². The maximum atomic E-state index is 2.30. The molecule has 0 bridgehead atoms. The van der Waals surface area contributed by atoms with E-state index in [2.05, 4.69) is 37.3 Å². The summed E-state index contributed by atoms with van der Waals surface area (Å²) in [4.78, 5) is 0. The number of hydrogen-bond acceptors (Lipinski definition) is 0. The first-order valence-electron chi connectivity index (χ1n) is 5.16. The van der Waals surface area contributed by atoms with Gasteiger partial charge in [0.15, 0.2) is 0 Å². The molecule has 2 aliphatic carbocycles. The first-order valence-corrected chi connectivity index (χ1v) is 5.16. The van der Waals surface area contributed by atoms with Gasteiger partial charge in [0.25, 0.3) is 0 Å². The van der Waals surface area contributed by atoms with Crippen molar-refractivity contribution in [1.82, 2.24) is 0 Å². The third kappa shape index (κ3) is 2.34. The molecule has 0 aliphatic heterocycles. The van der Waals surface area contributed by atoms with Crippen molar-refractivity contribution in [2.45, 2.75) is 32.6 Å². The van der Waals surface area contributed by atoms with E-state index in [4.69, 9.17) is 0 Å². The van der Waals surface area contributed by atoms with Crippen molar-refractivity contribution in [2.75, 3.05) is 0 Å². The fourth-order valence-corrected chi connectivity index (χ4v) is 2.04. The van der Waals surface area contributed by atoms with E-state index in [0.29, 0.717) is 0 Å². The van der Waals surface area contributed by atoms with Gasteiger partial charge in [-0.3, -0.25) is 0 Å². The molecule has 0 spiro atoms. The van der Waals surface area contributed by atoms with Crippen molar-refractivity contribution in [1.29, 1.82) is 0 Å². The summed E-state index contributed by atoms with van der Waals surface area (Å²) in [6, 6.07) is 0. The normalized spacial score (nSPS) is 19.6. The van der Waals surface area contributed by atoms with E-state index < -0.39 is 0 Å². The largest absolute Gasteiger partial charge is 0.0842 e. The van der Waals surface area contributed by atoms with Crippen molar-refractivity contribution in [3.63, 3.8) is 0 Å². The first-order chi connectivity index (χ1) is 6.42. The Bertz CT molecular complexity index is 316. The molecule has 0 saturated heterocycles. The molecule has 77 valence electrons. The topological polar surface area (TPSA) is 0 Å². The molecule has 1 radical (unpaired) electrons. The standard InChI is InChI=1S/C13H16.Ir/c1-2-11-9-6-10-13(11)12-7-4-3-5-8-12;/h3-4,6-7,10H,2,5,8-9H2,1H3;. The number of hydrogen-bond donors (Lipinski definition) is 0. The summed E-state index contributed by atoms with van der Waals surface area (Å²) in [6.07, 6.45) is 16.1. The molecular formula is C13H16Ir. The van der Waals surface area contributed by atoms with Gasteiger partial charge < -0.3 is 0 Å². The second-order valence-electron chi connectivity index (χ2n) is 3.64. The smallest absolute Gasteiger partial charge is 0 e. The van der Waals surface area contributed by atoms with E-state index in [1.54, 1.807) is 5.57 Å². The molecule has 0 nitrogen and oxygen atoms in total. The Kier molecular flexibility index (Phi) is 4.57. The minimum Gasteiger partial charge on any atom is -0.0842 e. The molecule has 14 heavy (non-hydrogen) atoms. The van der Waals surface area contributed by atoms with E-state index >= 15 is 0 Å². The monoisotopic (exact) mass is 365 g/mol. The molecule has 0 aromatic heterocycles. The molecule has 0 aromatic rings. The van der Waals surface area contributed by atoms with Crippen molar-refractivity contribution >= 4 is 0 Å². The van der Waals surface area contributed by atoms with Gasteiger partial charge in [0.05, 0.1) is 0 Å². The Labute approximate surface area is 99.8 Å². The first kappa shape index (κ1) is 11.7. The predicted octanol–water partition coefficient (Wildman–Crippen LogP) is 3.93. The van der Waals surface area contributed by atoms with Gasteiger partial charge in [-0.15, -0.1) is 0 Å². The molecule has 0 amide bonds. The second kappa shape index (κ2) is 5.48. The SMILES string of the molecule is CCC1=C(C2=CC=CCC2)C=CC1.[Ir]. The van der Waals surface area contributed by atoms with Crippen LogP contribution < -0.4 is 0 Å². The van der Waals surface area contributed by atoms with Crippen LogP contribution in [0, 0.1) is 0 Å². The Balaban J connectivity index is 0.000000980. The second-order valence-corrected chi connectivity index (χ2v) is 3.64. The molecule has 0 aromatic carbocycles. The van der Waals surface area contributed by atoms with Crippen LogP contribution in [-0.2, 0) is 20.1 Å². The van der Waals surface area contributed by atoms with Gasteiger partial charge in [0.1, 0.15) is 0 Å². The molecule has 0 N–H and O–H groups in total. The summed E-state index contributed by atoms with van der Waals surface area (Å²) in [6.45, 7) is 2.25. The molecule has 0 atom stereocenters. The van der Waals surface area contributed by atoms with Crippen LogP contribution in [0.25, 0.3) is 0 Å². The summed E-state index contributed by atoms with van der Waals surface area (Å²) in [7, 11) is 0. The van der Waals surface area contributed by atoms with Crippen molar-refractivity contribution in [2.24, 2.45) is 0 Å². The summed E-state index contributed by atoms with van der Waals surface area (Å²) >= 11 is 0. The maximum Gasteiger partial charge on any atom is 0 e. The van der Waals surface area contributed by atoms with Crippen LogP contribution in [0.1, 0.15) is 32.6 Å². The van der Waals surface area contributed by atoms with E-state index in [1.165, 1.54) is 36.8 Å². The van der Waals surface area contributed by atoms with Crippen molar-refractivity contribution in [3.05, 3.63) is 47.1 Å². The zero-order chi connectivity index (χ0) is 9.10. The molecule has 1 heteroatoms. The quantitative estimate of drug-likeness (QED) is 0.697. The number of rotatable bonds is 2. The van der Waals surface area contributed by atoms with E-state index in [9.17, 15) is 0 Å². The average molecular weight is 364 g/mol. The Morgan fingerprint density at radius 2 is 2.14 bits per heavy atom. The Morgan fingerprint density at radius 1 is 1.29 bits per heavy atom. The molecule has 2 rings (SSSR count). The Morgan fingerprint density at radius 3 is 2.79 bits per heavy atom. The Hall–Kier alpha value is -0.391. The summed E-state index contributed by atoms with van der Waals surface area (Å²) in [5, 5.41) is 0.